The first kappa shape index (κ1) is 17.0. The number of rotatable bonds is 4. The van der Waals surface area contributed by atoms with Gasteiger partial charge in [0.15, 0.2) is 12.0 Å². The van der Waals surface area contributed by atoms with E-state index in [0.29, 0.717) is 17.0 Å². The largest absolute Gasteiger partial charge is 0.446 e. The van der Waals surface area contributed by atoms with Crippen LogP contribution in [-0.4, -0.2) is 24.5 Å². The number of ketones is 1. The first-order valence-corrected chi connectivity index (χ1v) is 7.88. The second-order valence-electron chi connectivity index (χ2n) is 6.72. The maximum atomic E-state index is 12.4. The predicted molar refractivity (Wildman–Crippen MR) is 85.8 cm³/mol. The van der Waals surface area contributed by atoms with Gasteiger partial charge in [0, 0.05) is 22.9 Å². The third-order valence-corrected chi connectivity index (χ3v) is 3.96. The van der Waals surface area contributed by atoms with Crippen molar-refractivity contribution in [1.82, 2.24) is 5.32 Å². The Morgan fingerprint density at radius 1 is 1.36 bits per heavy atom. The van der Waals surface area contributed by atoms with Crippen LogP contribution in [0.1, 0.15) is 44.0 Å². The monoisotopic (exact) mass is 323 g/mol. The van der Waals surface area contributed by atoms with Gasteiger partial charge in [-0.25, -0.2) is 0 Å². The van der Waals surface area contributed by atoms with Crippen LogP contribution in [0.4, 0.5) is 0 Å². The smallest absolute Gasteiger partial charge is 0.312 e. The Hall–Kier alpha value is -1.39. The van der Waals surface area contributed by atoms with E-state index in [9.17, 15) is 9.59 Å². The van der Waals surface area contributed by atoms with E-state index in [1.807, 2.05) is 20.8 Å². The minimum absolute atomic E-state index is 0.00205. The molecule has 1 heterocycles. The molecule has 22 heavy (non-hydrogen) atoms. The van der Waals surface area contributed by atoms with E-state index in [1.165, 1.54) is 0 Å². The molecule has 0 spiro atoms. The molecule has 1 aliphatic rings. The number of ether oxygens (including phenoxy) is 1. The highest BCUT2D eigenvalue weighted by Crippen LogP contribution is 2.26. The number of benzene rings is 1. The van der Waals surface area contributed by atoms with Crippen molar-refractivity contribution in [3.63, 3.8) is 0 Å². The summed E-state index contributed by atoms with van der Waals surface area (Å²) >= 11 is 5.92. The summed E-state index contributed by atoms with van der Waals surface area (Å²) in [6, 6.07) is 6.93. The lowest BCUT2D eigenvalue weighted by atomic mass is 9.95. The topological polar surface area (TPSA) is 55.4 Å². The summed E-state index contributed by atoms with van der Waals surface area (Å²) in [5.74, 6) is -0.238. The summed E-state index contributed by atoms with van der Waals surface area (Å²) in [6.07, 6.45) is 0.763. The van der Waals surface area contributed by atoms with E-state index in [1.54, 1.807) is 24.3 Å². The second kappa shape index (κ2) is 6.80. The first-order chi connectivity index (χ1) is 10.3. The lowest BCUT2D eigenvalue weighted by Crippen LogP contribution is -2.37. The Kier molecular flexibility index (Phi) is 5.24. The van der Waals surface area contributed by atoms with E-state index in [0.717, 1.165) is 13.0 Å². The van der Waals surface area contributed by atoms with Crippen molar-refractivity contribution >= 4 is 23.4 Å². The molecule has 1 aromatic carbocycles. The van der Waals surface area contributed by atoms with Crippen LogP contribution in [-0.2, 0) is 9.53 Å². The van der Waals surface area contributed by atoms with Crippen molar-refractivity contribution in [3.8, 4) is 0 Å². The molecule has 1 saturated heterocycles. The van der Waals surface area contributed by atoms with Crippen LogP contribution in [0.5, 0.6) is 0 Å². The normalized spacial score (nSPS) is 21.6. The standard InChI is InChI=1S/C17H22ClNO3/c1-17(2,3)16(21)22-15-12(7-8-19-15)10-14(20)11-5-4-6-13(18)9-11/h4-6,9,12,15,19H,7-8,10H2,1-3H3/t12-,15?/m1/s1. The highest BCUT2D eigenvalue weighted by atomic mass is 35.5. The number of carbonyl (C=O) groups is 2. The predicted octanol–water partition coefficient (Wildman–Crippen LogP) is 3.44. The number of hydrogen-bond donors (Lipinski definition) is 1. The van der Waals surface area contributed by atoms with Crippen LogP contribution in [0.3, 0.4) is 0 Å². The molecule has 0 radical (unpaired) electrons. The molecule has 2 atom stereocenters. The number of esters is 1. The van der Waals surface area contributed by atoms with Crippen molar-refractivity contribution in [2.75, 3.05) is 6.54 Å². The van der Waals surface area contributed by atoms with Crippen LogP contribution >= 0.6 is 11.6 Å². The Labute approximate surface area is 136 Å². The molecule has 2 rings (SSSR count). The van der Waals surface area contributed by atoms with Gasteiger partial charge in [0.25, 0.3) is 0 Å². The molecule has 4 nitrogen and oxygen atoms in total. The summed E-state index contributed by atoms with van der Waals surface area (Å²) in [4.78, 5) is 24.4. The molecular formula is C17H22ClNO3. The van der Waals surface area contributed by atoms with E-state index in [-0.39, 0.29) is 17.7 Å². The lowest BCUT2D eigenvalue weighted by molar-refractivity contribution is -0.161. The Bertz CT molecular complexity index is 565. The van der Waals surface area contributed by atoms with Crippen molar-refractivity contribution in [2.24, 2.45) is 11.3 Å². The fourth-order valence-electron chi connectivity index (χ4n) is 2.39. The zero-order chi connectivity index (χ0) is 16.3. The molecule has 1 N–H and O–H groups in total. The SMILES string of the molecule is CC(C)(C)C(=O)OC1NCC[C@@H]1CC(=O)c1cccc(Cl)c1. The minimum Gasteiger partial charge on any atom is -0.446 e. The van der Waals surface area contributed by atoms with Gasteiger partial charge in [-0.1, -0.05) is 23.7 Å². The Balaban J connectivity index is 1.99. The maximum absolute atomic E-state index is 12.4. The second-order valence-corrected chi connectivity index (χ2v) is 7.15. The molecule has 0 bridgehead atoms. The maximum Gasteiger partial charge on any atom is 0.312 e. The number of carbonyl (C=O) groups excluding carboxylic acids is 2. The molecule has 0 aliphatic carbocycles. The molecule has 0 aromatic heterocycles. The molecular weight excluding hydrogens is 302 g/mol. The van der Waals surface area contributed by atoms with Gasteiger partial charge in [-0.2, -0.15) is 0 Å². The lowest BCUT2D eigenvalue weighted by Gasteiger charge is -2.24. The molecule has 1 unspecified atom stereocenters. The van der Waals surface area contributed by atoms with Gasteiger partial charge in [0.05, 0.1) is 5.41 Å². The quantitative estimate of drug-likeness (QED) is 0.681. The molecule has 1 aromatic rings. The van der Waals surface area contributed by atoms with Gasteiger partial charge >= 0.3 is 5.97 Å². The molecule has 1 aliphatic heterocycles. The highest BCUT2D eigenvalue weighted by molar-refractivity contribution is 6.31. The Morgan fingerprint density at radius 3 is 2.73 bits per heavy atom. The zero-order valence-corrected chi connectivity index (χ0v) is 13.9. The average Bonchev–Trinajstić information content (AvgIpc) is 2.85. The summed E-state index contributed by atoms with van der Waals surface area (Å²) < 4.78 is 5.52. The van der Waals surface area contributed by atoms with Gasteiger partial charge < -0.3 is 4.74 Å². The Morgan fingerprint density at radius 2 is 2.09 bits per heavy atom. The molecule has 5 heteroatoms. The van der Waals surface area contributed by atoms with Gasteiger partial charge in [0.1, 0.15) is 0 Å². The third-order valence-electron chi connectivity index (χ3n) is 3.73. The van der Waals surface area contributed by atoms with E-state index in [2.05, 4.69) is 5.32 Å². The summed E-state index contributed by atoms with van der Waals surface area (Å²) in [7, 11) is 0. The van der Waals surface area contributed by atoms with Crippen LogP contribution in [0, 0.1) is 11.3 Å². The summed E-state index contributed by atoms with van der Waals surface area (Å²) in [5, 5.41) is 3.70. The van der Waals surface area contributed by atoms with E-state index in [4.69, 9.17) is 16.3 Å². The molecule has 1 fully saturated rings. The molecule has 0 saturated carbocycles. The number of halogens is 1. The molecule has 120 valence electrons. The third kappa shape index (κ3) is 4.31. The van der Waals surface area contributed by atoms with Crippen LogP contribution in [0.15, 0.2) is 24.3 Å². The van der Waals surface area contributed by atoms with Crippen LogP contribution in [0.2, 0.25) is 5.02 Å². The summed E-state index contributed by atoms with van der Waals surface area (Å²) in [5.41, 5.74) is 0.0477. The summed E-state index contributed by atoms with van der Waals surface area (Å²) in [6.45, 7) is 6.19. The van der Waals surface area contributed by atoms with Crippen LogP contribution in [0.25, 0.3) is 0 Å². The van der Waals surface area contributed by atoms with Gasteiger partial charge in [0.2, 0.25) is 0 Å². The van der Waals surface area contributed by atoms with Crippen LogP contribution < -0.4 is 5.32 Å². The van der Waals surface area contributed by atoms with Gasteiger partial charge in [-0.3, -0.25) is 14.9 Å². The average molecular weight is 324 g/mol. The first-order valence-electron chi connectivity index (χ1n) is 7.50. The van der Waals surface area contributed by atoms with E-state index >= 15 is 0 Å². The van der Waals surface area contributed by atoms with Crippen molar-refractivity contribution in [3.05, 3.63) is 34.9 Å². The molecule has 0 amide bonds. The van der Waals surface area contributed by atoms with Crippen molar-refractivity contribution in [2.45, 2.75) is 39.8 Å². The zero-order valence-electron chi connectivity index (χ0n) is 13.2. The highest BCUT2D eigenvalue weighted by Gasteiger charge is 2.34. The number of nitrogens with one attached hydrogen (secondary N) is 1. The fraction of sp³-hybridized carbons (Fsp3) is 0.529. The fourth-order valence-corrected chi connectivity index (χ4v) is 2.58. The van der Waals surface area contributed by atoms with E-state index < -0.39 is 11.6 Å². The number of Topliss-reactive ketones (excluding diaryl/α,β-unsaturated/α-hetero) is 1. The number of hydrogen-bond acceptors (Lipinski definition) is 4. The van der Waals surface area contributed by atoms with Crippen molar-refractivity contribution in [1.29, 1.82) is 0 Å². The minimum atomic E-state index is -0.550. The van der Waals surface area contributed by atoms with Crippen molar-refractivity contribution < 1.29 is 14.3 Å². The van der Waals surface area contributed by atoms with Gasteiger partial charge in [-0.05, 0) is 45.9 Å². The van der Waals surface area contributed by atoms with Gasteiger partial charge in [-0.15, -0.1) is 0 Å².